The van der Waals surface area contributed by atoms with E-state index < -0.39 is 27.9 Å². The summed E-state index contributed by atoms with van der Waals surface area (Å²) >= 11 is 0. The van der Waals surface area contributed by atoms with Crippen molar-refractivity contribution in [3.63, 3.8) is 0 Å². The van der Waals surface area contributed by atoms with Crippen LogP contribution >= 0.6 is 0 Å². The van der Waals surface area contributed by atoms with Crippen molar-refractivity contribution in [3.05, 3.63) is 0 Å². The van der Waals surface area contributed by atoms with Crippen molar-refractivity contribution in [3.8, 4) is 0 Å². The molecule has 1 heterocycles. The first kappa shape index (κ1) is 14.2. The fraction of sp³-hybridized carbons (Fsp3) is 1.00. The lowest BCUT2D eigenvalue weighted by Crippen LogP contribution is -2.65. The SMILES string of the molecule is COC1(C(C)(C)C)NCC2C(C)(C)C21C(C)(F)F. The van der Waals surface area contributed by atoms with Crippen molar-refractivity contribution in [2.24, 2.45) is 22.2 Å². The Labute approximate surface area is 108 Å². The van der Waals surface area contributed by atoms with Crippen molar-refractivity contribution in [2.45, 2.75) is 53.2 Å². The molecule has 18 heavy (non-hydrogen) atoms. The molecule has 3 atom stereocenters. The molecule has 2 rings (SSSR count). The second kappa shape index (κ2) is 3.26. The number of ether oxygens (including phenoxy) is 1. The van der Waals surface area contributed by atoms with Gasteiger partial charge in [0.2, 0.25) is 0 Å². The molecule has 1 aliphatic carbocycles. The molecule has 2 aliphatic rings. The molecule has 1 N–H and O–H groups in total. The Morgan fingerprint density at radius 1 is 1.17 bits per heavy atom. The number of methoxy groups -OCH3 is 1. The van der Waals surface area contributed by atoms with Crippen LogP contribution in [-0.2, 0) is 4.74 Å². The summed E-state index contributed by atoms with van der Waals surface area (Å²) in [5, 5.41) is 3.26. The molecule has 1 saturated carbocycles. The summed E-state index contributed by atoms with van der Waals surface area (Å²) in [4.78, 5) is 0. The van der Waals surface area contributed by atoms with Crippen molar-refractivity contribution in [1.29, 1.82) is 0 Å². The van der Waals surface area contributed by atoms with Gasteiger partial charge < -0.3 is 4.74 Å². The topological polar surface area (TPSA) is 21.3 Å². The molecule has 0 aromatic rings. The summed E-state index contributed by atoms with van der Waals surface area (Å²) in [5.41, 5.74) is -2.91. The van der Waals surface area contributed by atoms with Gasteiger partial charge in [0.05, 0.1) is 5.41 Å². The number of alkyl halides is 2. The first-order chi connectivity index (χ1) is 7.90. The largest absolute Gasteiger partial charge is 0.362 e. The molecule has 3 unspecified atom stereocenters. The highest BCUT2D eigenvalue weighted by atomic mass is 19.3. The molecular formula is C14H25F2NO. The maximum Gasteiger partial charge on any atom is 0.255 e. The summed E-state index contributed by atoms with van der Waals surface area (Å²) in [6.45, 7) is 11.4. The number of nitrogens with one attached hydrogen (secondary N) is 1. The predicted molar refractivity (Wildman–Crippen MR) is 67.5 cm³/mol. The Balaban J connectivity index is 2.64. The Morgan fingerprint density at radius 3 is 1.89 bits per heavy atom. The molecule has 4 heteroatoms. The van der Waals surface area contributed by atoms with Crippen LogP contribution in [0, 0.1) is 22.2 Å². The Kier molecular flexibility index (Phi) is 2.57. The standard InChI is InChI=1S/C14H25F2NO/c1-10(2,3)14(18-7)13(12(6,15)16)9(8-17-14)11(13,4)5/h9,17H,8H2,1-7H3. The molecule has 0 radical (unpaired) electrons. The van der Waals surface area contributed by atoms with E-state index >= 15 is 0 Å². The van der Waals surface area contributed by atoms with Crippen LogP contribution in [0.3, 0.4) is 0 Å². The Hall–Kier alpha value is -0.220. The van der Waals surface area contributed by atoms with Crippen LogP contribution < -0.4 is 5.32 Å². The van der Waals surface area contributed by atoms with E-state index in [1.165, 1.54) is 0 Å². The van der Waals surface area contributed by atoms with Crippen molar-refractivity contribution >= 4 is 0 Å². The molecule has 1 saturated heterocycles. The molecule has 0 aromatic heterocycles. The first-order valence-corrected chi connectivity index (χ1v) is 6.58. The third kappa shape index (κ3) is 1.15. The average Bonchev–Trinajstić information content (AvgIpc) is 2.55. The van der Waals surface area contributed by atoms with Gasteiger partial charge >= 0.3 is 0 Å². The van der Waals surface area contributed by atoms with Gasteiger partial charge in [-0.2, -0.15) is 0 Å². The maximum atomic E-state index is 14.4. The molecule has 0 bridgehead atoms. The summed E-state index contributed by atoms with van der Waals surface area (Å²) in [6, 6.07) is 0. The lowest BCUT2D eigenvalue weighted by molar-refractivity contribution is -0.233. The molecule has 1 aliphatic heterocycles. The van der Waals surface area contributed by atoms with Gasteiger partial charge in [0.25, 0.3) is 5.92 Å². The molecule has 0 aromatic carbocycles. The van der Waals surface area contributed by atoms with Gasteiger partial charge in [-0.3, -0.25) is 5.32 Å². The summed E-state index contributed by atoms with van der Waals surface area (Å²) in [5.74, 6) is -2.81. The fourth-order valence-electron chi connectivity index (χ4n) is 4.94. The molecule has 106 valence electrons. The highest BCUT2D eigenvalue weighted by Crippen LogP contribution is 2.83. The molecule has 2 nitrogen and oxygen atoms in total. The van der Waals surface area contributed by atoms with Gasteiger partial charge in [-0.1, -0.05) is 34.6 Å². The molecule has 0 amide bonds. The predicted octanol–water partition coefficient (Wildman–Crippen LogP) is 3.28. The first-order valence-electron chi connectivity index (χ1n) is 6.58. The third-order valence-corrected chi connectivity index (χ3v) is 5.49. The van der Waals surface area contributed by atoms with Crippen LogP contribution in [0.15, 0.2) is 0 Å². The van der Waals surface area contributed by atoms with E-state index in [9.17, 15) is 8.78 Å². The van der Waals surface area contributed by atoms with Crippen LogP contribution in [-0.4, -0.2) is 25.3 Å². The normalized spacial score (nSPS) is 42.8. The van der Waals surface area contributed by atoms with Gasteiger partial charge in [0, 0.05) is 26.0 Å². The lowest BCUT2D eigenvalue weighted by atomic mass is 9.67. The highest BCUT2D eigenvalue weighted by molar-refractivity contribution is 5.35. The minimum absolute atomic E-state index is 0.0378. The van der Waals surface area contributed by atoms with Gasteiger partial charge in [0.15, 0.2) is 0 Å². The number of rotatable bonds is 2. The summed E-state index contributed by atoms with van der Waals surface area (Å²) in [6.07, 6.45) is 0. The van der Waals surface area contributed by atoms with Gasteiger partial charge in [-0.05, 0) is 11.3 Å². The molecule has 2 fully saturated rings. The van der Waals surface area contributed by atoms with E-state index in [0.29, 0.717) is 6.54 Å². The second-order valence-electron chi connectivity index (χ2n) is 7.49. The summed E-state index contributed by atoms with van der Waals surface area (Å²) < 4.78 is 34.6. The van der Waals surface area contributed by atoms with E-state index in [2.05, 4.69) is 5.32 Å². The lowest BCUT2D eigenvalue weighted by Gasteiger charge is -2.51. The van der Waals surface area contributed by atoms with E-state index in [1.54, 1.807) is 7.11 Å². The zero-order valence-corrected chi connectivity index (χ0v) is 12.4. The van der Waals surface area contributed by atoms with Crippen LogP contribution in [0.4, 0.5) is 8.78 Å². The fourth-order valence-corrected chi connectivity index (χ4v) is 4.94. The van der Waals surface area contributed by atoms with Gasteiger partial charge in [0.1, 0.15) is 5.72 Å². The van der Waals surface area contributed by atoms with Crippen LogP contribution in [0.1, 0.15) is 41.5 Å². The van der Waals surface area contributed by atoms with E-state index in [1.807, 2.05) is 34.6 Å². The minimum Gasteiger partial charge on any atom is -0.362 e. The highest BCUT2D eigenvalue weighted by Gasteiger charge is 2.91. The monoisotopic (exact) mass is 261 g/mol. The minimum atomic E-state index is -2.77. The molecular weight excluding hydrogens is 236 g/mol. The van der Waals surface area contributed by atoms with Crippen LogP contribution in [0.5, 0.6) is 0 Å². The number of fused-ring (bicyclic) bond motifs is 1. The van der Waals surface area contributed by atoms with E-state index in [4.69, 9.17) is 4.74 Å². The van der Waals surface area contributed by atoms with Crippen molar-refractivity contribution in [1.82, 2.24) is 5.32 Å². The van der Waals surface area contributed by atoms with E-state index in [0.717, 1.165) is 6.92 Å². The number of hydrogen-bond donors (Lipinski definition) is 1. The van der Waals surface area contributed by atoms with Crippen LogP contribution in [0.25, 0.3) is 0 Å². The molecule has 0 spiro atoms. The number of piperidine rings is 1. The Morgan fingerprint density at radius 2 is 1.67 bits per heavy atom. The van der Waals surface area contributed by atoms with E-state index in [-0.39, 0.29) is 5.92 Å². The summed E-state index contributed by atoms with van der Waals surface area (Å²) in [7, 11) is 1.54. The van der Waals surface area contributed by atoms with Gasteiger partial charge in [-0.15, -0.1) is 0 Å². The van der Waals surface area contributed by atoms with Crippen molar-refractivity contribution < 1.29 is 13.5 Å². The Bertz CT molecular complexity index is 357. The zero-order chi connectivity index (χ0) is 14.2. The zero-order valence-electron chi connectivity index (χ0n) is 12.4. The second-order valence-corrected chi connectivity index (χ2v) is 7.49. The number of hydrogen-bond acceptors (Lipinski definition) is 2. The smallest absolute Gasteiger partial charge is 0.255 e. The van der Waals surface area contributed by atoms with Gasteiger partial charge in [-0.25, -0.2) is 8.78 Å². The van der Waals surface area contributed by atoms with Crippen LogP contribution in [0.2, 0.25) is 0 Å². The van der Waals surface area contributed by atoms with Crippen molar-refractivity contribution in [2.75, 3.05) is 13.7 Å². The third-order valence-electron chi connectivity index (χ3n) is 5.49. The quantitative estimate of drug-likeness (QED) is 0.823. The number of halogens is 2. The maximum absolute atomic E-state index is 14.4. The average molecular weight is 261 g/mol.